The van der Waals surface area contributed by atoms with Gasteiger partial charge in [-0.2, -0.15) is 0 Å². The molecule has 3 nitrogen and oxygen atoms in total. The SMILES string of the molecule is CCOC1(c2ccccc2)C=Cc2ccc(O)cc2O1. The van der Waals surface area contributed by atoms with Gasteiger partial charge in [0.2, 0.25) is 0 Å². The Morgan fingerprint density at radius 3 is 2.70 bits per heavy atom. The highest BCUT2D eigenvalue weighted by Gasteiger charge is 2.35. The summed E-state index contributed by atoms with van der Waals surface area (Å²) in [5.74, 6) is -0.140. The number of aromatic hydroxyl groups is 1. The van der Waals surface area contributed by atoms with E-state index in [4.69, 9.17) is 9.47 Å². The lowest BCUT2D eigenvalue weighted by Crippen LogP contribution is -2.36. The molecule has 0 saturated heterocycles. The molecule has 3 heteroatoms. The van der Waals surface area contributed by atoms with Crippen LogP contribution in [0, 0.1) is 0 Å². The highest BCUT2D eigenvalue weighted by atomic mass is 16.7. The third-order valence-electron chi connectivity index (χ3n) is 3.28. The fourth-order valence-electron chi connectivity index (χ4n) is 2.35. The Morgan fingerprint density at radius 2 is 1.95 bits per heavy atom. The van der Waals surface area contributed by atoms with Crippen molar-refractivity contribution in [3.05, 3.63) is 65.7 Å². The number of phenolic OH excluding ortho intramolecular Hbond substituents is 1. The molecule has 1 heterocycles. The van der Waals surface area contributed by atoms with Crippen LogP contribution in [0.4, 0.5) is 0 Å². The van der Waals surface area contributed by atoms with E-state index in [0.29, 0.717) is 12.4 Å². The van der Waals surface area contributed by atoms with Crippen molar-refractivity contribution >= 4 is 6.08 Å². The molecule has 0 saturated carbocycles. The van der Waals surface area contributed by atoms with Crippen molar-refractivity contribution < 1.29 is 14.6 Å². The average Bonchev–Trinajstić information content (AvgIpc) is 2.48. The fraction of sp³-hybridized carbons (Fsp3) is 0.176. The summed E-state index contributed by atoms with van der Waals surface area (Å²) in [5.41, 5.74) is 1.85. The number of hydrogen-bond donors (Lipinski definition) is 1. The average molecular weight is 268 g/mol. The van der Waals surface area contributed by atoms with Gasteiger partial charge in [-0.1, -0.05) is 30.3 Å². The third-order valence-corrected chi connectivity index (χ3v) is 3.28. The van der Waals surface area contributed by atoms with Crippen LogP contribution in [-0.2, 0) is 10.5 Å². The molecule has 0 aliphatic carbocycles. The van der Waals surface area contributed by atoms with E-state index in [0.717, 1.165) is 11.1 Å². The number of hydrogen-bond acceptors (Lipinski definition) is 3. The first kappa shape index (κ1) is 12.8. The second-order valence-corrected chi connectivity index (χ2v) is 4.62. The van der Waals surface area contributed by atoms with Crippen LogP contribution in [0.1, 0.15) is 18.1 Å². The van der Waals surface area contributed by atoms with E-state index in [1.165, 1.54) is 0 Å². The summed E-state index contributed by atoms with van der Waals surface area (Å²) in [6, 6.07) is 14.9. The molecule has 0 radical (unpaired) electrons. The second kappa shape index (κ2) is 5.02. The number of phenols is 1. The molecule has 0 amide bonds. The molecule has 102 valence electrons. The van der Waals surface area contributed by atoms with Crippen molar-refractivity contribution in [3.63, 3.8) is 0 Å². The predicted molar refractivity (Wildman–Crippen MR) is 77.5 cm³/mol. The smallest absolute Gasteiger partial charge is 0.257 e. The minimum absolute atomic E-state index is 0.178. The van der Waals surface area contributed by atoms with Crippen LogP contribution in [0.2, 0.25) is 0 Å². The summed E-state index contributed by atoms with van der Waals surface area (Å²) in [6.45, 7) is 2.45. The second-order valence-electron chi connectivity index (χ2n) is 4.62. The quantitative estimate of drug-likeness (QED) is 0.922. The lowest BCUT2D eigenvalue weighted by atomic mass is 10.0. The Balaban J connectivity index is 2.07. The maximum absolute atomic E-state index is 9.61. The van der Waals surface area contributed by atoms with E-state index in [1.54, 1.807) is 12.1 Å². The molecule has 1 N–H and O–H groups in total. The fourth-order valence-corrected chi connectivity index (χ4v) is 2.35. The topological polar surface area (TPSA) is 38.7 Å². The minimum atomic E-state index is -0.934. The summed E-state index contributed by atoms with van der Waals surface area (Å²) in [7, 11) is 0. The van der Waals surface area contributed by atoms with Crippen molar-refractivity contribution in [1.29, 1.82) is 0 Å². The molecule has 1 aliphatic heterocycles. The Bertz CT molecular complexity index is 634. The molecule has 3 rings (SSSR count). The van der Waals surface area contributed by atoms with Crippen molar-refractivity contribution in [2.75, 3.05) is 6.61 Å². The van der Waals surface area contributed by atoms with Crippen molar-refractivity contribution in [1.82, 2.24) is 0 Å². The molecule has 1 aliphatic rings. The van der Waals surface area contributed by atoms with Gasteiger partial charge in [-0.3, -0.25) is 0 Å². The van der Waals surface area contributed by atoms with E-state index < -0.39 is 5.79 Å². The Morgan fingerprint density at radius 1 is 1.15 bits per heavy atom. The molecular formula is C17H16O3. The Kier molecular flexibility index (Phi) is 3.20. The summed E-state index contributed by atoms with van der Waals surface area (Å²) in [4.78, 5) is 0. The van der Waals surface area contributed by atoms with Crippen LogP contribution in [0.15, 0.2) is 54.6 Å². The highest BCUT2D eigenvalue weighted by Crippen LogP contribution is 2.39. The van der Waals surface area contributed by atoms with Crippen molar-refractivity contribution in [2.45, 2.75) is 12.7 Å². The van der Waals surface area contributed by atoms with E-state index >= 15 is 0 Å². The monoisotopic (exact) mass is 268 g/mol. The van der Waals surface area contributed by atoms with Gasteiger partial charge < -0.3 is 14.6 Å². The summed E-state index contributed by atoms with van der Waals surface area (Å²) >= 11 is 0. The van der Waals surface area contributed by atoms with Crippen LogP contribution < -0.4 is 4.74 Å². The number of fused-ring (bicyclic) bond motifs is 1. The third kappa shape index (κ3) is 2.17. The van der Waals surface area contributed by atoms with E-state index in [-0.39, 0.29) is 5.75 Å². The first-order valence-electron chi connectivity index (χ1n) is 6.64. The van der Waals surface area contributed by atoms with Gasteiger partial charge in [0.15, 0.2) is 0 Å². The van der Waals surface area contributed by atoms with Gasteiger partial charge in [0, 0.05) is 23.8 Å². The zero-order chi connectivity index (χ0) is 14.0. The van der Waals surface area contributed by atoms with Gasteiger partial charge in [0.05, 0.1) is 0 Å². The zero-order valence-corrected chi connectivity index (χ0v) is 11.2. The van der Waals surface area contributed by atoms with Gasteiger partial charge >= 0.3 is 0 Å². The molecule has 0 spiro atoms. The molecule has 2 aromatic carbocycles. The van der Waals surface area contributed by atoms with Gasteiger partial charge in [0.25, 0.3) is 5.79 Å². The number of rotatable bonds is 3. The van der Waals surface area contributed by atoms with E-state index in [1.807, 2.05) is 55.5 Å². The predicted octanol–water partition coefficient (Wildman–Crippen LogP) is 3.69. The Hall–Kier alpha value is -2.26. The first-order chi connectivity index (χ1) is 9.73. The van der Waals surface area contributed by atoms with Crippen LogP contribution >= 0.6 is 0 Å². The maximum Gasteiger partial charge on any atom is 0.257 e. The highest BCUT2D eigenvalue weighted by molar-refractivity contribution is 5.62. The molecule has 0 aromatic heterocycles. The number of benzene rings is 2. The van der Waals surface area contributed by atoms with E-state index in [9.17, 15) is 5.11 Å². The number of ether oxygens (including phenoxy) is 2. The van der Waals surface area contributed by atoms with Crippen LogP contribution in [0.25, 0.3) is 6.08 Å². The Labute approximate surface area is 118 Å². The van der Waals surface area contributed by atoms with E-state index in [2.05, 4.69) is 0 Å². The minimum Gasteiger partial charge on any atom is -0.508 e. The molecular weight excluding hydrogens is 252 g/mol. The zero-order valence-electron chi connectivity index (χ0n) is 11.2. The maximum atomic E-state index is 9.61. The van der Waals surface area contributed by atoms with Gasteiger partial charge in [-0.25, -0.2) is 0 Å². The molecule has 1 atom stereocenters. The van der Waals surface area contributed by atoms with Crippen molar-refractivity contribution in [2.24, 2.45) is 0 Å². The van der Waals surface area contributed by atoms with Crippen LogP contribution in [0.5, 0.6) is 11.5 Å². The molecule has 0 bridgehead atoms. The van der Waals surface area contributed by atoms with Gasteiger partial charge in [0.1, 0.15) is 11.5 Å². The molecule has 2 aromatic rings. The lowest BCUT2D eigenvalue weighted by molar-refractivity contribution is -0.151. The summed E-state index contributed by atoms with van der Waals surface area (Å²) in [6.07, 6.45) is 3.87. The lowest BCUT2D eigenvalue weighted by Gasteiger charge is -2.34. The normalized spacial score (nSPS) is 20.2. The van der Waals surface area contributed by atoms with Gasteiger partial charge in [-0.05, 0) is 31.2 Å². The van der Waals surface area contributed by atoms with Crippen LogP contribution in [0.3, 0.4) is 0 Å². The van der Waals surface area contributed by atoms with Crippen LogP contribution in [-0.4, -0.2) is 11.7 Å². The molecule has 0 fully saturated rings. The summed E-state index contributed by atoms with van der Waals surface area (Å²) < 4.78 is 11.9. The van der Waals surface area contributed by atoms with Crippen molar-refractivity contribution in [3.8, 4) is 11.5 Å². The molecule has 1 unspecified atom stereocenters. The molecule has 20 heavy (non-hydrogen) atoms. The summed E-state index contributed by atoms with van der Waals surface area (Å²) in [5, 5.41) is 9.61. The largest absolute Gasteiger partial charge is 0.508 e. The van der Waals surface area contributed by atoms with Gasteiger partial charge in [-0.15, -0.1) is 0 Å². The first-order valence-corrected chi connectivity index (χ1v) is 6.64. The standard InChI is InChI=1S/C17H16O3/c1-2-19-17(14-6-4-3-5-7-14)11-10-13-8-9-15(18)12-16(13)20-17/h3-12,18H,2H2,1H3.